The Morgan fingerprint density at radius 1 is 1.62 bits per heavy atom. The summed E-state index contributed by atoms with van der Waals surface area (Å²) in [4.78, 5) is 19.1. The molecule has 0 aromatic carbocycles. The molecular weight excluding hydrogens is 199 g/mol. The van der Waals surface area contributed by atoms with E-state index in [1.165, 1.54) is 0 Å². The molecule has 6 nitrogen and oxygen atoms in total. The summed E-state index contributed by atoms with van der Waals surface area (Å²) >= 11 is 0. The molecule has 0 radical (unpaired) electrons. The summed E-state index contributed by atoms with van der Waals surface area (Å²) in [6.45, 7) is 2.20. The Bertz CT molecular complexity index is 213. The van der Waals surface area contributed by atoms with E-state index >= 15 is 0 Å². The van der Waals surface area contributed by atoms with Gasteiger partial charge in [0, 0.05) is 6.08 Å². The number of aliphatic hydroxyl groups excluding tert-OH is 1. The number of hydrogen-bond donors (Lipinski definition) is 2. The molecule has 1 atom stereocenters. The molecule has 0 rings (SSSR count). The van der Waals surface area contributed by atoms with Crippen molar-refractivity contribution in [2.75, 3.05) is 13.2 Å². The highest BCUT2D eigenvalue weighted by Gasteiger charge is 2.24. The molecule has 0 aromatic rings. The van der Waals surface area contributed by atoms with Gasteiger partial charge in [0.2, 0.25) is 0 Å². The molecule has 0 spiro atoms. The van der Waals surface area contributed by atoms with Crippen LogP contribution in [0.1, 0.15) is 7.43 Å². The SMILES string of the molecule is C.C=CC(=O)OP(=O)(O)OCCO. The molecule has 0 heterocycles. The zero-order valence-electron chi connectivity index (χ0n) is 6.17. The molecule has 0 aliphatic heterocycles. The van der Waals surface area contributed by atoms with E-state index in [-0.39, 0.29) is 14.0 Å². The predicted octanol–water partition coefficient (Wildman–Crippen LogP) is 0.461. The van der Waals surface area contributed by atoms with Crippen molar-refractivity contribution in [1.29, 1.82) is 0 Å². The molecule has 0 amide bonds. The fourth-order valence-electron chi connectivity index (χ4n) is 0.334. The second-order valence-corrected chi connectivity index (χ2v) is 3.02. The standard InChI is InChI=1S/C5H9O6P.CH4/c1-2-5(7)11-12(8,9)10-4-3-6;/h2,6H,1,3-4H2,(H,8,9);1H4. The second kappa shape index (κ2) is 6.80. The third kappa shape index (κ3) is 7.67. The van der Waals surface area contributed by atoms with Crippen LogP contribution < -0.4 is 0 Å². The van der Waals surface area contributed by atoms with Gasteiger partial charge in [-0.05, 0) is 0 Å². The largest absolute Gasteiger partial charge is 0.529 e. The lowest BCUT2D eigenvalue weighted by Gasteiger charge is -2.08. The maximum Gasteiger partial charge on any atom is 0.529 e. The van der Waals surface area contributed by atoms with Crippen molar-refractivity contribution in [3.63, 3.8) is 0 Å². The summed E-state index contributed by atoms with van der Waals surface area (Å²) in [5, 5.41) is 8.20. The van der Waals surface area contributed by atoms with Gasteiger partial charge in [0.25, 0.3) is 0 Å². The zero-order chi connectivity index (χ0) is 9.61. The topological polar surface area (TPSA) is 93.1 Å². The van der Waals surface area contributed by atoms with Crippen LogP contribution in [-0.2, 0) is 18.4 Å². The lowest BCUT2D eigenvalue weighted by molar-refractivity contribution is -0.130. The van der Waals surface area contributed by atoms with Crippen LogP contribution in [0.15, 0.2) is 12.7 Å². The van der Waals surface area contributed by atoms with Crippen LogP contribution >= 0.6 is 7.82 Å². The molecule has 0 fully saturated rings. The van der Waals surface area contributed by atoms with E-state index in [0.29, 0.717) is 0 Å². The Morgan fingerprint density at radius 2 is 2.15 bits per heavy atom. The van der Waals surface area contributed by atoms with Gasteiger partial charge in [-0.2, -0.15) is 0 Å². The Labute approximate surface area is 76.4 Å². The van der Waals surface area contributed by atoms with Crippen LogP contribution in [0.5, 0.6) is 0 Å². The first-order chi connectivity index (χ1) is 5.52. The van der Waals surface area contributed by atoms with E-state index in [1.807, 2.05) is 0 Å². The third-order valence-corrected chi connectivity index (χ3v) is 1.64. The maximum atomic E-state index is 10.7. The van der Waals surface area contributed by atoms with Crippen molar-refractivity contribution in [2.24, 2.45) is 0 Å². The molecular formula is C6H13O6P. The summed E-state index contributed by atoms with van der Waals surface area (Å²) in [5.41, 5.74) is 0. The van der Waals surface area contributed by atoms with Crippen molar-refractivity contribution in [1.82, 2.24) is 0 Å². The molecule has 13 heavy (non-hydrogen) atoms. The van der Waals surface area contributed by atoms with E-state index in [4.69, 9.17) is 10.00 Å². The van der Waals surface area contributed by atoms with E-state index in [0.717, 1.165) is 6.08 Å². The zero-order valence-corrected chi connectivity index (χ0v) is 7.07. The second-order valence-electron chi connectivity index (χ2n) is 1.64. The summed E-state index contributed by atoms with van der Waals surface area (Å²) in [6, 6.07) is 0. The highest BCUT2D eigenvalue weighted by atomic mass is 31.2. The van der Waals surface area contributed by atoms with Gasteiger partial charge in [-0.15, -0.1) is 0 Å². The van der Waals surface area contributed by atoms with Gasteiger partial charge in [0.15, 0.2) is 0 Å². The lowest BCUT2D eigenvalue weighted by atomic mass is 10.7. The Balaban J connectivity index is 0. The fourth-order valence-corrected chi connectivity index (χ4v) is 1.00. The monoisotopic (exact) mass is 212 g/mol. The van der Waals surface area contributed by atoms with Crippen molar-refractivity contribution in [2.45, 2.75) is 7.43 Å². The molecule has 1 unspecified atom stereocenters. The van der Waals surface area contributed by atoms with Gasteiger partial charge in [-0.3, -0.25) is 9.42 Å². The Morgan fingerprint density at radius 3 is 2.54 bits per heavy atom. The minimum absolute atomic E-state index is 0. The molecule has 78 valence electrons. The first-order valence-electron chi connectivity index (χ1n) is 2.96. The molecule has 2 N–H and O–H groups in total. The van der Waals surface area contributed by atoms with Gasteiger partial charge in [-0.25, -0.2) is 9.36 Å². The molecule has 7 heteroatoms. The first kappa shape index (κ1) is 14.8. The molecule has 0 aliphatic carbocycles. The van der Waals surface area contributed by atoms with E-state index in [2.05, 4.69) is 15.6 Å². The summed E-state index contributed by atoms with van der Waals surface area (Å²) in [6.07, 6.45) is 0.727. The van der Waals surface area contributed by atoms with Crippen LogP contribution in [0.3, 0.4) is 0 Å². The Kier molecular flexibility index (Phi) is 7.75. The maximum absolute atomic E-state index is 10.7. The van der Waals surface area contributed by atoms with Crippen LogP contribution in [0.25, 0.3) is 0 Å². The number of aliphatic hydroxyl groups is 1. The normalized spacial score (nSPS) is 13.7. The summed E-state index contributed by atoms with van der Waals surface area (Å²) in [7, 11) is -4.36. The molecule has 0 saturated heterocycles. The number of hydrogen-bond acceptors (Lipinski definition) is 5. The van der Waals surface area contributed by atoms with E-state index < -0.39 is 20.4 Å². The molecule has 0 saturated carbocycles. The lowest BCUT2D eigenvalue weighted by Crippen LogP contribution is -2.03. The van der Waals surface area contributed by atoms with Crippen LogP contribution in [0.4, 0.5) is 0 Å². The average molecular weight is 212 g/mol. The number of rotatable bonds is 5. The number of carbonyl (C=O) groups is 1. The first-order valence-corrected chi connectivity index (χ1v) is 4.45. The van der Waals surface area contributed by atoms with Crippen molar-refractivity contribution >= 4 is 13.8 Å². The van der Waals surface area contributed by atoms with Gasteiger partial charge in [-0.1, -0.05) is 14.0 Å². The van der Waals surface area contributed by atoms with Gasteiger partial charge in [0.05, 0.1) is 13.2 Å². The minimum Gasteiger partial charge on any atom is -0.394 e. The van der Waals surface area contributed by atoms with E-state index in [1.54, 1.807) is 0 Å². The number of phosphoric ester groups is 1. The molecule has 0 aliphatic rings. The average Bonchev–Trinajstić information content (AvgIpc) is 2.00. The van der Waals surface area contributed by atoms with Crippen molar-refractivity contribution < 1.29 is 28.4 Å². The van der Waals surface area contributed by atoms with Crippen LogP contribution in [0.2, 0.25) is 0 Å². The summed E-state index contributed by atoms with van der Waals surface area (Å²) < 4.78 is 18.7. The highest BCUT2D eigenvalue weighted by molar-refractivity contribution is 7.48. The van der Waals surface area contributed by atoms with Crippen LogP contribution in [0, 0.1) is 0 Å². The molecule has 0 bridgehead atoms. The molecule has 0 aromatic heterocycles. The van der Waals surface area contributed by atoms with Gasteiger partial charge >= 0.3 is 13.8 Å². The smallest absolute Gasteiger partial charge is 0.394 e. The summed E-state index contributed by atoms with van der Waals surface area (Å²) in [5.74, 6) is -1.06. The highest BCUT2D eigenvalue weighted by Crippen LogP contribution is 2.42. The number of carbonyl (C=O) groups excluding carboxylic acids is 1. The van der Waals surface area contributed by atoms with Crippen LogP contribution in [-0.4, -0.2) is 29.2 Å². The quantitative estimate of drug-likeness (QED) is 0.508. The Hall–Kier alpha value is -0.680. The van der Waals surface area contributed by atoms with Crippen molar-refractivity contribution in [3.05, 3.63) is 12.7 Å². The predicted molar refractivity (Wildman–Crippen MR) is 45.9 cm³/mol. The fraction of sp³-hybridized carbons (Fsp3) is 0.500. The third-order valence-electron chi connectivity index (χ3n) is 0.718. The van der Waals surface area contributed by atoms with Gasteiger partial charge < -0.3 is 9.63 Å². The number of phosphoric acid groups is 1. The van der Waals surface area contributed by atoms with Crippen molar-refractivity contribution in [3.8, 4) is 0 Å². The minimum atomic E-state index is -4.36. The van der Waals surface area contributed by atoms with Gasteiger partial charge in [0.1, 0.15) is 0 Å². The van der Waals surface area contributed by atoms with E-state index in [9.17, 15) is 9.36 Å².